The smallest absolute Gasteiger partial charge is 0.460 e. The van der Waals surface area contributed by atoms with Gasteiger partial charge in [-0.25, -0.2) is 4.79 Å². The Morgan fingerprint density at radius 3 is 2.40 bits per heavy atom. The normalized spacial score (nSPS) is 27.9. The van der Waals surface area contributed by atoms with Gasteiger partial charge in [0.15, 0.2) is 5.71 Å². The molecule has 0 saturated heterocycles. The van der Waals surface area contributed by atoms with Crippen molar-refractivity contribution in [3.63, 3.8) is 0 Å². The van der Waals surface area contributed by atoms with Gasteiger partial charge in [0.1, 0.15) is 11.7 Å². The molecule has 0 amide bonds. The van der Waals surface area contributed by atoms with Crippen molar-refractivity contribution in [2.45, 2.75) is 80.0 Å². The largest absolute Gasteiger partial charge is 0.478 e. The van der Waals surface area contributed by atoms with Crippen LogP contribution >= 0.6 is 22.6 Å². The van der Waals surface area contributed by atoms with Crippen LogP contribution in [0.2, 0.25) is 0 Å². The third kappa shape index (κ3) is 7.92. The molecular formula is C30H35F2IN2O7S. The lowest BCUT2D eigenvalue weighted by Gasteiger charge is -2.61. The predicted octanol–water partition coefficient (Wildman–Crippen LogP) is 6.18. The van der Waals surface area contributed by atoms with Crippen molar-refractivity contribution in [2.75, 3.05) is 6.61 Å². The molecular weight excluding hydrogens is 697 g/mol. The molecule has 0 heterocycles. The molecule has 3 atom stereocenters. The van der Waals surface area contributed by atoms with Gasteiger partial charge in [0, 0.05) is 8.84 Å². The highest BCUT2D eigenvalue weighted by molar-refractivity contribution is 14.1. The van der Waals surface area contributed by atoms with Gasteiger partial charge in [0.2, 0.25) is 0 Å². The minimum Gasteiger partial charge on any atom is -0.460 e. The monoisotopic (exact) mass is 732 g/mol. The van der Waals surface area contributed by atoms with Gasteiger partial charge in [0.05, 0.1) is 12.5 Å². The molecule has 0 N–H and O–H groups in total. The van der Waals surface area contributed by atoms with Crippen molar-refractivity contribution >= 4 is 56.4 Å². The highest BCUT2D eigenvalue weighted by Gasteiger charge is 2.62. The van der Waals surface area contributed by atoms with E-state index in [0.717, 1.165) is 12.5 Å². The first-order valence-corrected chi connectivity index (χ1v) is 16.6. The average molecular weight is 733 g/mol. The molecule has 0 aromatic heterocycles. The number of alkyl halides is 3. The SMILES string of the molecule is CC(CC(C)(C)I)C(=O)OC12CC3CC(CC(COC(=O)C(F)(F)S(=O)(=O)O/N=C(C#N)/C=C/c4ccccc4)(C3)C1)C2. The van der Waals surface area contributed by atoms with E-state index in [4.69, 9.17) is 9.47 Å². The molecule has 234 valence electrons. The third-order valence-corrected chi connectivity index (χ3v) is 9.79. The standard InChI is InChI=1S/C30H35F2IN2O7S/c1-20(12-27(2,3)33)25(36)41-29-15-22-11-23(16-29)14-28(13-22,18-29)19-40-26(37)30(31,32)43(38,39)42-35-24(17-34)10-9-21-7-5-4-6-8-21/h4-10,20,22-23H,11-16,18-19H2,1-3H3/b10-9+,35-24-. The minimum absolute atomic E-state index is 0.0945. The molecule has 1 aromatic rings. The number of carbonyl (C=O) groups is 2. The molecule has 4 aliphatic carbocycles. The van der Waals surface area contributed by atoms with E-state index in [-0.39, 0.29) is 27.1 Å². The number of ether oxygens (including phenoxy) is 2. The summed E-state index contributed by atoms with van der Waals surface area (Å²) in [5.41, 5.74) is -1.44. The second-order valence-electron chi connectivity index (χ2n) is 12.8. The van der Waals surface area contributed by atoms with Crippen molar-refractivity contribution in [1.29, 1.82) is 5.26 Å². The number of halogens is 3. The Balaban J connectivity index is 1.41. The topological polar surface area (TPSA) is 132 Å². The van der Waals surface area contributed by atoms with Crippen LogP contribution in [0, 0.1) is 34.5 Å². The van der Waals surface area contributed by atoms with E-state index in [9.17, 15) is 32.0 Å². The van der Waals surface area contributed by atoms with Crippen LogP contribution in [-0.2, 0) is 33.5 Å². The maximum Gasteiger partial charge on any atom is 0.478 e. The van der Waals surface area contributed by atoms with Crippen LogP contribution in [0.4, 0.5) is 8.78 Å². The quantitative estimate of drug-likeness (QED) is 0.0819. The zero-order valence-electron chi connectivity index (χ0n) is 24.2. The van der Waals surface area contributed by atoms with Gasteiger partial charge in [0.25, 0.3) is 0 Å². The van der Waals surface area contributed by atoms with Crippen molar-refractivity contribution in [1.82, 2.24) is 0 Å². The summed E-state index contributed by atoms with van der Waals surface area (Å²) in [6.07, 6.45) is 6.93. The van der Waals surface area contributed by atoms with Gasteiger partial charge >= 0.3 is 27.3 Å². The number of hydrogen-bond donors (Lipinski definition) is 0. The number of benzene rings is 1. The van der Waals surface area contributed by atoms with Crippen molar-refractivity contribution in [3.05, 3.63) is 42.0 Å². The van der Waals surface area contributed by atoms with Crippen molar-refractivity contribution in [3.8, 4) is 6.07 Å². The summed E-state index contributed by atoms with van der Waals surface area (Å²) in [5.74, 6) is -2.56. The van der Waals surface area contributed by atoms with E-state index in [0.29, 0.717) is 44.1 Å². The van der Waals surface area contributed by atoms with E-state index in [2.05, 4.69) is 32.0 Å². The lowest BCUT2D eigenvalue weighted by molar-refractivity contribution is -0.215. The van der Waals surface area contributed by atoms with Crippen LogP contribution in [0.5, 0.6) is 0 Å². The molecule has 0 radical (unpaired) electrons. The molecule has 5 rings (SSSR count). The summed E-state index contributed by atoms with van der Waals surface area (Å²) >= 11 is 2.29. The van der Waals surface area contributed by atoms with E-state index in [1.54, 1.807) is 30.3 Å². The number of nitrogens with zero attached hydrogens (tertiary/aromatic N) is 2. The fourth-order valence-corrected chi connectivity index (χ4v) is 8.34. The zero-order chi connectivity index (χ0) is 31.7. The number of hydrogen-bond acceptors (Lipinski definition) is 9. The summed E-state index contributed by atoms with van der Waals surface area (Å²) in [4.78, 5) is 25.5. The maximum absolute atomic E-state index is 14.8. The predicted molar refractivity (Wildman–Crippen MR) is 162 cm³/mol. The highest BCUT2D eigenvalue weighted by Crippen LogP contribution is 2.63. The van der Waals surface area contributed by atoms with Gasteiger partial charge in [-0.15, -0.1) is 0 Å². The summed E-state index contributed by atoms with van der Waals surface area (Å²) in [6.45, 7) is 5.45. The van der Waals surface area contributed by atoms with Gasteiger partial charge in [-0.1, -0.05) is 84.9 Å². The molecule has 0 spiro atoms. The molecule has 4 bridgehead atoms. The van der Waals surface area contributed by atoms with Gasteiger partial charge in [-0.2, -0.15) is 22.5 Å². The molecule has 9 nitrogen and oxygen atoms in total. The lowest BCUT2D eigenvalue weighted by atomic mass is 9.48. The molecule has 1 aromatic carbocycles. The first kappa shape index (κ1) is 33.3. The maximum atomic E-state index is 14.8. The molecule has 43 heavy (non-hydrogen) atoms. The molecule has 3 unspecified atom stereocenters. The summed E-state index contributed by atoms with van der Waals surface area (Å²) in [6, 6.07) is 10.1. The van der Waals surface area contributed by atoms with Crippen LogP contribution < -0.4 is 0 Å². The van der Waals surface area contributed by atoms with Gasteiger partial charge in [-0.05, 0) is 68.4 Å². The number of oxime groups is 1. The number of carbonyl (C=O) groups excluding carboxylic acids is 2. The molecule has 4 aliphatic rings. The van der Waals surface area contributed by atoms with E-state index in [1.165, 1.54) is 12.1 Å². The number of nitriles is 1. The van der Waals surface area contributed by atoms with E-state index >= 15 is 0 Å². The Labute approximate surface area is 264 Å². The zero-order valence-corrected chi connectivity index (χ0v) is 27.2. The van der Waals surface area contributed by atoms with Gasteiger partial charge in [-0.3, -0.25) is 9.08 Å². The fourth-order valence-electron chi connectivity index (χ4n) is 7.15. The summed E-state index contributed by atoms with van der Waals surface area (Å²) < 4.78 is 69.2. The average Bonchev–Trinajstić information content (AvgIpc) is 2.90. The van der Waals surface area contributed by atoms with Crippen LogP contribution in [-0.4, -0.2) is 47.0 Å². The molecule has 4 saturated carbocycles. The van der Waals surface area contributed by atoms with Crippen LogP contribution in [0.1, 0.15) is 71.3 Å². The molecule has 4 fully saturated rings. The Bertz CT molecular complexity index is 1420. The Morgan fingerprint density at radius 2 is 1.81 bits per heavy atom. The van der Waals surface area contributed by atoms with Crippen LogP contribution in [0.3, 0.4) is 0 Å². The third-order valence-electron chi connectivity index (χ3n) is 8.28. The second-order valence-corrected chi connectivity index (χ2v) is 17.3. The highest BCUT2D eigenvalue weighted by atomic mass is 127. The first-order chi connectivity index (χ1) is 20.0. The van der Waals surface area contributed by atoms with Crippen molar-refractivity contribution in [2.24, 2.45) is 28.3 Å². The van der Waals surface area contributed by atoms with E-state index in [1.807, 2.05) is 20.8 Å². The van der Waals surface area contributed by atoms with Crippen molar-refractivity contribution < 1.29 is 40.5 Å². The summed E-state index contributed by atoms with van der Waals surface area (Å²) in [5, 5.41) is 7.12. The molecule has 0 aliphatic heterocycles. The van der Waals surface area contributed by atoms with Gasteiger partial charge < -0.3 is 9.47 Å². The van der Waals surface area contributed by atoms with Crippen LogP contribution in [0.15, 0.2) is 41.6 Å². The van der Waals surface area contributed by atoms with E-state index < -0.39 is 44.7 Å². The number of allylic oxidation sites excluding steroid dienone is 1. The Morgan fingerprint density at radius 1 is 1.19 bits per heavy atom. The Kier molecular flexibility index (Phi) is 9.62. The fraction of sp³-hybridized carbons (Fsp3) is 0.600. The van der Waals surface area contributed by atoms with Crippen LogP contribution in [0.25, 0.3) is 6.08 Å². The Hall–Kier alpha value is -2.60. The second kappa shape index (κ2) is 12.4. The first-order valence-electron chi connectivity index (χ1n) is 14.1. The minimum atomic E-state index is -5.93. The molecule has 13 heteroatoms. The number of esters is 2. The summed E-state index contributed by atoms with van der Waals surface area (Å²) in [7, 11) is -5.93. The number of rotatable bonds is 12. The lowest BCUT2D eigenvalue weighted by Crippen LogP contribution is -2.59.